The van der Waals surface area contributed by atoms with Gasteiger partial charge >= 0.3 is 0 Å². The Kier molecular flexibility index (Phi) is 9.18. The van der Waals surface area contributed by atoms with Crippen LogP contribution in [0.25, 0.3) is 0 Å². The van der Waals surface area contributed by atoms with E-state index in [9.17, 15) is 0 Å². The van der Waals surface area contributed by atoms with Crippen LogP contribution >= 0.6 is 0 Å². The molecule has 1 aromatic carbocycles. The molecule has 3 fully saturated rings. The summed E-state index contributed by atoms with van der Waals surface area (Å²) in [5, 5.41) is 0. The summed E-state index contributed by atoms with van der Waals surface area (Å²) in [6.07, 6.45) is 23.7. The first kappa shape index (κ1) is 23.9. The van der Waals surface area contributed by atoms with E-state index in [0.29, 0.717) is 0 Å². The van der Waals surface area contributed by atoms with Crippen molar-refractivity contribution >= 4 is 0 Å². The molecule has 32 heavy (non-hydrogen) atoms. The zero-order valence-corrected chi connectivity index (χ0v) is 20.8. The second-order valence-corrected chi connectivity index (χ2v) is 11.5. The van der Waals surface area contributed by atoms with Crippen molar-refractivity contribution in [2.45, 2.75) is 109 Å². The minimum absolute atomic E-state index is 0.733. The second kappa shape index (κ2) is 12.3. The van der Waals surface area contributed by atoms with Crippen molar-refractivity contribution in [3.63, 3.8) is 0 Å². The quantitative estimate of drug-likeness (QED) is 0.262. The molecule has 0 bridgehead atoms. The van der Waals surface area contributed by atoms with Crippen LogP contribution in [0.4, 0.5) is 0 Å². The molecule has 4 rings (SSSR count). The van der Waals surface area contributed by atoms with E-state index >= 15 is 0 Å². The maximum Gasteiger partial charge on any atom is 0.119 e. The predicted octanol–water partition coefficient (Wildman–Crippen LogP) is 9.33. The van der Waals surface area contributed by atoms with Crippen LogP contribution in [-0.4, -0.2) is 6.61 Å². The van der Waals surface area contributed by atoms with E-state index in [-0.39, 0.29) is 0 Å². The van der Waals surface area contributed by atoms with Gasteiger partial charge in [0.05, 0.1) is 6.61 Å². The molecule has 4 unspecified atom stereocenters. The Morgan fingerprint density at radius 2 is 1.41 bits per heavy atom. The molecule has 1 nitrogen and oxygen atoms in total. The number of benzene rings is 1. The van der Waals surface area contributed by atoms with Crippen LogP contribution in [-0.2, 0) is 0 Å². The number of hydrogen-bond acceptors (Lipinski definition) is 1. The van der Waals surface area contributed by atoms with Gasteiger partial charge in [-0.15, -0.1) is 6.58 Å². The highest BCUT2D eigenvalue weighted by molar-refractivity contribution is 5.30. The lowest BCUT2D eigenvalue weighted by atomic mass is 9.63. The van der Waals surface area contributed by atoms with Crippen LogP contribution in [0.2, 0.25) is 0 Å². The lowest BCUT2D eigenvalue weighted by Gasteiger charge is -2.43. The van der Waals surface area contributed by atoms with Crippen molar-refractivity contribution in [2.24, 2.45) is 29.6 Å². The highest BCUT2D eigenvalue weighted by atomic mass is 16.5. The minimum atomic E-state index is 0.733. The average Bonchev–Trinajstić information content (AvgIpc) is 2.84. The van der Waals surface area contributed by atoms with Gasteiger partial charge in [0.25, 0.3) is 0 Å². The molecular weight excluding hydrogens is 388 g/mol. The Hall–Kier alpha value is -1.24. The molecule has 0 amide bonds. The number of hydrogen-bond donors (Lipinski definition) is 0. The maximum atomic E-state index is 5.80. The van der Waals surface area contributed by atoms with Crippen LogP contribution in [0.1, 0.15) is 115 Å². The summed E-state index contributed by atoms with van der Waals surface area (Å²) in [5.74, 6) is 6.93. The second-order valence-electron chi connectivity index (χ2n) is 11.5. The van der Waals surface area contributed by atoms with E-state index < -0.39 is 0 Å². The van der Waals surface area contributed by atoms with Gasteiger partial charge in [0.1, 0.15) is 5.75 Å². The highest BCUT2D eigenvalue weighted by Gasteiger charge is 2.36. The fourth-order valence-corrected chi connectivity index (χ4v) is 7.34. The molecule has 0 aromatic heterocycles. The van der Waals surface area contributed by atoms with E-state index in [0.717, 1.165) is 54.3 Å². The summed E-state index contributed by atoms with van der Waals surface area (Å²) in [7, 11) is 0. The Bertz CT molecular complexity index is 668. The van der Waals surface area contributed by atoms with Gasteiger partial charge < -0.3 is 4.74 Å². The summed E-state index contributed by atoms with van der Waals surface area (Å²) in [6.45, 7) is 6.85. The Morgan fingerprint density at radius 3 is 2.12 bits per heavy atom. The Labute approximate surface area is 198 Å². The lowest BCUT2D eigenvalue weighted by Crippen LogP contribution is -2.30. The summed E-state index contributed by atoms with van der Waals surface area (Å²) in [5.41, 5.74) is 1.54. The number of ether oxygens (including phenoxy) is 1. The first-order valence-corrected chi connectivity index (χ1v) is 14.1. The Balaban J connectivity index is 1.18. The summed E-state index contributed by atoms with van der Waals surface area (Å²) >= 11 is 0. The molecule has 0 aliphatic heterocycles. The standard InChI is InChI=1S/C31H48O/c1-3-5-21-32-31-19-17-27(18-20-31)29-16-15-28-22-26(13-14-30(28)23-29)12-11-25-9-7-24(6-4-2)8-10-25/h3,17-20,24-26,28-30H,1,4-16,21-23H2,2H3. The van der Waals surface area contributed by atoms with Gasteiger partial charge in [-0.3, -0.25) is 0 Å². The maximum absolute atomic E-state index is 5.80. The zero-order valence-electron chi connectivity index (χ0n) is 20.8. The SMILES string of the molecule is C=CCCOc1ccc(C2CCC3CC(CCC4CCC(CCC)CC4)CCC3C2)cc1. The lowest BCUT2D eigenvalue weighted by molar-refractivity contribution is 0.108. The third-order valence-electron chi connectivity index (χ3n) is 9.31. The molecule has 0 saturated heterocycles. The van der Waals surface area contributed by atoms with E-state index in [1.54, 1.807) is 12.0 Å². The van der Waals surface area contributed by atoms with E-state index in [4.69, 9.17) is 4.74 Å². The van der Waals surface area contributed by atoms with Gasteiger partial charge in [-0.25, -0.2) is 0 Å². The Morgan fingerprint density at radius 1 is 0.781 bits per heavy atom. The van der Waals surface area contributed by atoms with Crippen LogP contribution in [0, 0.1) is 29.6 Å². The van der Waals surface area contributed by atoms with E-state index in [1.165, 1.54) is 83.5 Å². The minimum Gasteiger partial charge on any atom is -0.493 e. The van der Waals surface area contributed by atoms with Crippen molar-refractivity contribution in [3.8, 4) is 5.75 Å². The third kappa shape index (κ3) is 6.64. The van der Waals surface area contributed by atoms with Gasteiger partial charge in [0, 0.05) is 0 Å². The molecule has 3 aliphatic rings. The van der Waals surface area contributed by atoms with Crippen LogP contribution in [0.5, 0.6) is 5.75 Å². The van der Waals surface area contributed by atoms with Gasteiger partial charge in [-0.05, 0) is 91.7 Å². The zero-order chi connectivity index (χ0) is 22.2. The van der Waals surface area contributed by atoms with Crippen molar-refractivity contribution in [3.05, 3.63) is 42.5 Å². The van der Waals surface area contributed by atoms with Crippen molar-refractivity contribution < 1.29 is 4.74 Å². The first-order valence-electron chi connectivity index (χ1n) is 14.1. The molecule has 0 heterocycles. The molecule has 4 atom stereocenters. The monoisotopic (exact) mass is 436 g/mol. The first-order chi connectivity index (χ1) is 15.7. The summed E-state index contributed by atoms with van der Waals surface area (Å²) < 4.78 is 5.80. The average molecular weight is 437 g/mol. The molecule has 0 radical (unpaired) electrons. The van der Waals surface area contributed by atoms with Crippen molar-refractivity contribution in [2.75, 3.05) is 6.61 Å². The normalized spacial score (nSPS) is 32.8. The van der Waals surface area contributed by atoms with E-state index in [1.807, 2.05) is 6.08 Å². The molecule has 1 aromatic rings. The van der Waals surface area contributed by atoms with Gasteiger partial charge in [-0.2, -0.15) is 0 Å². The van der Waals surface area contributed by atoms with Gasteiger partial charge in [0.2, 0.25) is 0 Å². The topological polar surface area (TPSA) is 9.23 Å². The van der Waals surface area contributed by atoms with Gasteiger partial charge in [-0.1, -0.05) is 82.9 Å². The van der Waals surface area contributed by atoms with E-state index in [2.05, 4.69) is 37.8 Å². The molecule has 178 valence electrons. The summed E-state index contributed by atoms with van der Waals surface area (Å²) in [4.78, 5) is 0. The number of fused-ring (bicyclic) bond motifs is 1. The molecule has 0 N–H and O–H groups in total. The molecular formula is C31H48O. The molecule has 1 heteroatoms. The molecule has 3 saturated carbocycles. The smallest absolute Gasteiger partial charge is 0.119 e. The van der Waals surface area contributed by atoms with Gasteiger partial charge in [0.15, 0.2) is 0 Å². The largest absolute Gasteiger partial charge is 0.493 e. The number of rotatable bonds is 10. The highest BCUT2D eigenvalue weighted by Crippen LogP contribution is 2.49. The van der Waals surface area contributed by atoms with Crippen molar-refractivity contribution in [1.29, 1.82) is 0 Å². The van der Waals surface area contributed by atoms with Crippen molar-refractivity contribution in [1.82, 2.24) is 0 Å². The third-order valence-corrected chi connectivity index (χ3v) is 9.31. The summed E-state index contributed by atoms with van der Waals surface area (Å²) in [6, 6.07) is 9.01. The fraction of sp³-hybridized carbons (Fsp3) is 0.742. The fourth-order valence-electron chi connectivity index (χ4n) is 7.34. The predicted molar refractivity (Wildman–Crippen MR) is 137 cm³/mol. The van der Waals surface area contributed by atoms with Crippen LogP contribution in [0.15, 0.2) is 36.9 Å². The van der Waals surface area contributed by atoms with Crippen LogP contribution < -0.4 is 4.74 Å². The molecule has 0 spiro atoms. The molecule has 3 aliphatic carbocycles. The van der Waals surface area contributed by atoms with Crippen LogP contribution in [0.3, 0.4) is 0 Å².